The van der Waals surface area contributed by atoms with E-state index < -0.39 is 0 Å². The first-order valence-electron chi connectivity index (χ1n) is 5.56. The standard InChI is InChI=1S/C14H14N2O/c1-2-11-5-6-12(4-3-7-15)13(8-11)14-9-16-10-17-14/h5-6,8-10H,2,7,15H2,1H3. The number of nitrogens with two attached hydrogens (primary N) is 1. The molecule has 1 heterocycles. The van der Waals surface area contributed by atoms with Crippen molar-refractivity contribution in [3.8, 4) is 23.2 Å². The molecule has 0 fully saturated rings. The summed E-state index contributed by atoms with van der Waals surface area (Å²) in [5.74, 6) is 6.65. The average molecular weight is 226 g/mol. The van der Waals surface area contributed by atoms with Gasteiger partial charge in [0.15, 0.2) is 12.2 Å². The van der Waals surface area contributed by atoms with E-state index in [1.54, 1.807) is 6.20 Å². The highest BCUT2D eigenvalue weighted by Crippen LogP contribution is 2.24. The molecule has 0 spiro atoms. The van der Waals surface area contributed by atoms with Gasteiger partial charge in [-0.15, -0.1) is 0 Å². The van der Waals surface area contributed by atoms with Crippen molar-refractivity contribution >= 4 is 0 Å². The van der Waals surface area contributed by atoms with Crippen molar-refractivity contribution in [2.75, 3.05) is 6.54 Å². The molecular weight excluding hydrogens is 212 g/mol. The maximum absolute atomic E-state index is 5.39. The van der Waals surface area contributed by atoms with Crippen molar-refractivity contribution in [3.05, 3.63) is 41.9 Å². The number of aromatic nitrogens is 1. The third-order valence-electron chi connectivity index (χ3n) is 2.52. The Morgan fingerprint density at radius 2 is 2.29 bits per heavy atom. The summed E-state index contributed by atoms with van der Waals surface area (Å²) in [5, 5.41) is 0. The highest BCUT2D eigenvalue weighted by atomic mass is 16.3. The first kappa shape index (κ1) is 11.4. The number of aryl methyl sites for hydroxylation is 1. The SMILES string of the molecule is CCc1ccc(C#CCN)c(-c2cnco2)c1. The number of oxazole rings is 1. The summed E-state index contributed by atoms with van der Waals surface area (Å²) in [6, 6.07) is 6.15. The minimum absolute atomic E-state index is 0.353. The molecule has 0 saturated carbocycles. The Morgan fingerprint density at radius 1 is 1.41 bits per heavy atom. The molecule has 0 radical (unpaired) electrons. The van der Waals surface area contributed by atoms with Crippen LogP contribution in [0.4, 0.5) is 0 Å². The van der Waals surface area contributed by atoms with E-state index in [0.717, 1.165) is 23.3 Å². The third-order valence-corrected chi connectivity index (χ3v) is 2.52. The maximum atomic E-state index is 5.39. The topological polar surface area (TPSA) is 52.0 Å². The van der Waals surface area contributed by atoms with Gasteiger partial charge in [0.1, 0.15) is 0 Å². The quantitative estimate of drug-likeness (QED) is 0.799. The molecule has 17 heavy (non-hydrogen) atoms. The van der Waals surface area contributed by atoms with Gasteiger partial charge in [0, 0.05) is 11.1 Å². The van der Waals surface area contributed by atoms with Crippen LogP contribution >= 0.6 is 0 Å². The molecule has 3 nitrogen and oxygen atoms in total. The second-order valence-electron chi connectivity index (χ2n) is 3.61. The van der Waals surface area contributed by atoms with Gasteiger partial charge in [0.25, 0.3) is 0 Å². The number of rotatable bonds is 2. The molecule has 0 bridgehead atoms. The van der Waals surface area contributed by atoms with Gasteiger partial charge in [-0.1, -0.05) is 24.8 Å². The van der Waals surface area contributed by atoms with Crippen LogP contribution in [0.5, 0.6) is 0 Å². The Bertz CT molecular complexity index is 547. The predicted octanol–water partition coefficient (Wildman–Crippen LogP) is 2.21. The van der Waals surface area contributed by atoms with E-state index in [4.69, 9.17) is 10.2 Å². The number of hydrogen-bond donors (Lipinski definition) is 1. The smallest absolute Gasteiger partial charge is 0.181 e. The van der Waals surface area contributed by atoms with Crippen LogP contribution in [0.3, 0.4) is 0 Å². The number of hydrogen-bond acceptors (Lipinski definition) is 3. The Balaban J connectivity index is 2.52. The molecule has 1 aromatic heterocycles. The van der Waals surface area contributed by atoms with Crippen molar-refractivity contribution in [2.45, 2.75) is 13.3 Å². The van der Waals surface area contributed by atoms with Crippen LogP contribution in [-0.4, -0.2) is 11.5 Å². The summed E-state index contributed by atoms with van der Waals surface area (Å²) in [5.41, 5.74) is 8.53. The van der Waals surface area contributed by atoms with Crippen molar-refractivity contribution in [1.29, 1.82) is 0 Å². The van der Waals surface area contributed by atoms with Crippen LogP contribution in [0.25, 0.3) is 11.3 Å². The van der Waals surface area contributed by atoms with Gasteiger partial charge in [0.05, 0.1) is 12.7 Å². The molecule has 0 saturated heterocycles. The van der Waals surface area contributed by atoms with Crippen LogP contribution in [0.2, 0.25) is 0 Å². The van der Waals surface area contributed by atoms with Crippen LogP contribution in [-0.2, 0) is 6.42 Å². The second-order valence-corrected chi connectivity index (χ2v) is 3.61. The molecule has 0 unspecified atom stereocenters. The van der Waals surface area contributed by atoms with E-state index >= 15 is 0 Å². The zero-order valence-corrected chi connectivity index (χ0v) is 9.73. The van der Waals surface area contributed by atoms with Gasteiger partial charge in [-0.25, -0.2) is 4.98 Å². The van der Waals surface area contributed by atoms with Gasteiger partial charge in [-0.05, 0) is 24.1 Å². The monoisotopic (exact) mass is 226 g/mol. The van der Waals surface area contributed by atoms with E-state index in [9.17, 15) is 0 Å². The molecule has 1 aromatic carbocycles. The Kier molecular flexibility index (Phi) is 3.59. The van der Waals surface area contributed by atoms with Crippen molar-refractivity contribution < 1.29 is 4.42 Å². The van der Waals surface area contributed by atoms with Gasteiger partial charge in [0.2, 0.25) is 0 Å². The Morgan fingerprint density at radius 3 is 2.94 bits per heavy atom. The van der Waals surface area contributed by atoms with Crippen LogP contribution in [0, 0.1) is 11.8 Å². The molecule has 0 aliphatic rings. The molecular formula is C14H14N2O. The van der Waals surface area contributed by atoms with Gasteiger partial charge in [-0.2, -0.15) is 0 Å². The predicted molar refractivity (Wildman–Crippen MR) is 67.2 cm³/mol. The van der Waals surface area contributed by atoms with Crippen LogP contribution in [0.1, 0.15) is 18.1 Å². The van der Waals surface area contributed by atoms with Crippen molar-refractivity contribution in [2.24, 2.45) is 5.73 Å². The van der Waals surface area contributed by atoms with Gasteiger partial charge >= 0.3 is 0 Å². The Hall–Kier alpha value is -2.05. The second kappa shape index (κ2) is 5.33. The zero-order chi connectivity index (χ0) is 12.1. The normalized spacial score (nSPS) is 9.76. The van der Waals surface area contributed by atoms with Gasteiger partial charge < -0.3 is 10.2 Å². The van der Waals surface area contributed by atoms with Crippen LogP contribution < -0.4 is 5.73 Å². The van der Waals surface area contributed by atoms with Gasteiger partial charge in [-0.3, -0.25) is 0 Å². The Labute approximate surface area is 101 Å². The fraction of sp³-hybridized carbons (Fsp3) is 0.214. The first-order valence-corrected chi connectivity index (χ1v) is 5.56. The van der Waals surface area contributed by atoms with E-state index in [2.05, 4.69) is 35.9 Å². The minimum Gasteiger partial charge on any atom is -0.443 e. The largest absolute Gasteiger partial charge is 0.443 e. The number of nitrogens with zero attached hydrogens (tertiary/aromatic N) is 1. The highest BCUT2D eigenvalue weighted by Gasteiger charge is 2.07. The lowest BCUT2D eigenvalue weighted by Crippen LogP contribution is -1.94. The van der Waals surface area contributed by atoms with Crippen molar-refractivity contribution in [3.63, 3.8) is 0 Å². The maximum Gasteiger partial charge on any atom is 0.181 e. The molecule has 2 N–H and O–H groups in total. The summed E-state index contributed by atoms with van der Waals surface area (Å²) in [4.78, 5) is 3.94. The number of benzene rings is 1. The summed E-state index contributed by atoms with van der Waals surface area (Å²) in [6.07, 6.45) is 4.10. The van der Waals surface area contributed by atoms with E-state index in [1.807, 2.05) is 6.07 Å². The van der Waals surface area contributed by atoms with Crippen LogP contribution in [0.15, 0.2) is 35.2 Å². The molecule has 0 aliphatic carbocycles. The average Bonchev–Trinajstić information content (AvgIpc) is 2.90. The minimum atomic E-state index is 0.353. The molecule has 0 aliphatic heterocycles. The highest BCUT2D eigenvalue weighted by molar-refractivity contribution is 5.67. The van der Waals surface area contributed by atoms with Crippen molar-refractivity contribution in [1.82, 2.24) is 4.98 Å². The third kappa shape index (κ3) is 2.55. The lowest BCUT2D eigenvalue weighted by Gasteiger charge is -2.04. The summed E-state index contributed by atoms with van der Waals surface area (Å²) in [7, 11) is 0. The van der Waals surface area contributed by atoms with E-state index in [1.165, 1.54) is 12.0 Å². The lowest BCUT2D eigenvalue weighted by atomic mass is 10.0. The summed E-state index contributed by atoms with van der Waals surface area (Å²) >= 11 is 0. The zero-order valence-electron chi connectivity index (χ0n) is 9.73. The molecule has 0 amide bonds. The molecule has 3 heteroatoms. The molecule has 0 atom stereocenters. The molecule has 2 rings (SSSR count). The fourth-order valence-electron chi connectivity index (χ4n) is 1.62. The molecule has 86 valence electrons. The lowest BCUT2D eigenvalue weighted by molar-refractivity contribution is 0.572. The van der Waals surface area contributed by atoms with E-state index in [0.29, 0.717) is 6.54 Å². The molecule has 2 aromatic rings. The first-order chi connectivity index (χ1) is 8.35. The summed E-state index contributed by atoms with van der Waals surface area (Å²) < 4.78 is 5.33. The summed E-state index contributed by atoms with van der Waals surface area (Å²) in [6.45, 7) is 2.47. The van der Waals surface area contributed by atoms with E-state index in [-0.39, 0.29) is 0 Å². The fourth-order valence-corrected chi connectivity index (χ4v) is 1.62.